The molecule has 0 aliphatic carbocycles. The number of benzene rings is 1. The van der Waals surface area contributed by atoms with Gasteiger partial charge in [-0.3, -0.25) is 4.79 Å². The van der Waals surface area contributed by atoms with Gasteiger partial charge < -0.3 is 15.2 Å². The maximum Gasteiger partial charge on any atom is 0.413 e. The summed E-state index contributed by atoms with van der Waals surface area (Å²) in [7, 11) is 0. The minimum atomic E-state index is -1.11. The number of carboxylic acid groups (broad SMARTS) is 1. The van der Waals surface area contributed by atoms with Crippen LogP contribution in [-0.4, -0.2) is 23.2 Å². The van der Waals surface area contributed by atoms with Gasteiger partial charge in [0.05, 0.1) is 0 Å². The van der Waals surface area contributed by atoms with Gasteiger partial charge in [0.25, 0.3) is 0 Å². The number of carbonyl (C=O) groups is 2. The highest BCUT2D eigenvalue weighted by molar-refractivity contribution is 5.80. The molecular weight excluding hydrogens is 210 g/mol. The predicted molar refractivity (Wildman–Crippen MR) is 57.4 cm³/mol. The van der Waals surface area contributed by atoms with Crippen LogP contribution in [0.15, 0.2) is 24.3 Å². The van der Waals surface area contributed by atoms with E-state index < -0.39 is 18.1 Å². The van der Waals surface area contributed by atoms with Gasteiger partial charge in [-0.05, 0) is 31.5 Å². The molecule has 0 saturated heterocycles. The number of aryl methyl sites for hydroxylation is 1. The largest absolute Gasteiger partial charge is 0.480 e. The smallest absolute Gasteiger partial charge is 0.413 e. The Morgan fingerprint density at radius 1 is 1.44 bits per heavy atom. The van der Waals surface area contributed by atoms with Crippen LogP contribution in [-0.2, 0) is 4.79 Å². The van der Waals surface area contributed by atoms with Gasteiger partial charge in [0.15, 0.2) is 0 Å². The average Bonchev–Trinajstić information content (AvgIpc) is 2.16. The van der Waals surface area contributed by atoms with Crippen molar-refractivity contribution in [3.8, 4) is 5.75 Å². The second-order valence-electron chi connectivity index (χ2n) is 3.41. The molecule has 0 spiro atoms. The summed E-state index contributed by atoms with van der Waals surface area (Å²) in [6, 6.07) is 5.95. The van der Waals surface area contributed by atoms with E-state index >= 15 is 0 Å². The molecule has 1 unspecified atom stereocenters. The van der Waals surface area contributed by atoms with E-state index in [0.29, 0.717) is 5.75 Å². The van der Waals surface area contributed by atoms with Crippen molar-refractivity contribution in [1.29, 1.82) is 0 Å². The van der Waals surface area contributed by atoms with E-state index in [-0.39, 0.29) is 0 Å². The molecule has 5 nitrogen and oxygen atoms in total. The van der Waals surface area contributed by atoms with Crippen LogP contribution in [0.25, 0.3) is 0 Å². The van der Waals surface area contributed by atoms with Crippen LogP contribution in [0, 0.1) is 6.92 Å². The lowest BCUT2D eigenvalue weighted by Crippen LogP contribution is -2.39. The summed E-state index contributed by atoms with van der Waals surface area (Å²) in [6.45, 7) is 3.23. The summed E-state index contributed by atoms with van der Waals surface area (Å²) < 4.78 is 4.90. The Morgan fingerprint density at radius 3 is 2.69 bits per heavy atom. The van der Waals surface area contributed by atoms with Gasteiger partial charge in [0, 0.05) is 0 Å². The SMILES string of the molecule is Cc1cccc(OC(=O)NC(C)C(=O)O)c1. The van der Waals surface area contributed by atoms with Crippen LogP contribution >= 0.6 is 0 Å². The lowest BCUT2D eigenvalue weighted by molar-refractivity contribution is -0.138. The van der Waals surface area contributed by atoms with Gasteiger partial charge >= 0.3 is 12.1 Å². The van der Waals surface area contributed by atoms with Crippen LogP contribution < -0.4 is 10.1 Å². The van der Waals surface area contributed by atoms with Gasteiger partial charge in [0.2, 0.25) is 0 Å². The van der Waals surface area contributed by atoms with Crippen molar-refractivity contribution in [1.82, 2.24) is 5.32 Å². The Morgan fingerprint density at radius 2 is 2.12 bits per heavy atom. The fourth-order valence-corrected chi connectivity index (χ4v) is 1.05. The standard InChI is InChI=1S/C11H13NO4/c1-7-4-3-5-9(6-7)16-11(15)12-8(2)10(13)14/h3-6,8H,1-2H3,(H,12,15)(H,13,14). The number of aliphatic carboxylic acids is 1. The first-order valence-corrected chi connectivity index (χ1v) is 4.77. The summed E-state index contributed by atoms with van der Waals surface area (Å²) in [5.41, 5.74) is 0.955. The molecule has 0 aliphatic heterocycles. The van der Waals surface area contributed by atoms with E-state index in [1.807, 2.05) is 13.0 Å². The fraction of sp³-hybridized carbons (Fsp3) is 0.273. The van der Waals surface area contributed by atoms with E-state index in [4.69, 9.17) is 9.84 Å². The van der Waals surface area contributed by atoms with Gasteiger partial charge in [-0.15, -0.1) is 0 Å². The van der Waals surface area contributed by atoms with E-state index in [9.17, 15) is 9.59 Å². The average molecular weight is 223 g/mol. The molecule has 0 fully saturated rings. The van der Waals surface area contributed by atoms with Crippen LogP contribution in [0.2, 0.25) is 0 Å². The molecule has 1 atom stereocenters. The van der Waals surface area contributed by atoms with Crippen LogP contribution in [0.1, 0.15) is 12.5 Å². The molecule has 1 rings (SSSR count). The molecule has 0 aromatic heterocycles. The summed E-state index contributed by atoms with van der Waals surface area (Å²) in [4.78, 5) is 21.7. The zero-order valence-corrected chi connectivity index (χ0v) is 9.06. The fourth-order valence-electron chi connectivity index (χ4n) is 1.05. The summed E-state index contributed by atoms with van der Waals surface area (Å²) in [5, 5.41) is 10.8. The topological polar surface area (TPSA) is 75.6 Å². The number of amides is 1. The number of rotatable bonds is 3. The number of carbonyl (C=O) groups excluding carboxylic acids is 1. The maximum absolute atomic E-state index is 11.2. The molecule has 1 aromatic rings. The third-order valence-electron chi connectivity index (χ3n) is 1.90. The molecular formula is C11H13NO4. The minimum absolute atomic E-state index is 0.384. The van der Waals surface area contributed by atoms with Gasteiger partial charge in [-0.2, -0.15) is 0 Å². The third kappa shape index (κ3) is 3.61. The quantitative estimate of drug-likeness (QED) is 0.815. The molecule has 1 aromatic carbocycles. The van der Waals surface area contributed by atoms with Crippen molar-refractivity contribution in [2.75, 3.05) is 0 Å². The second kappa shape index (κ2) is 5.16. The van der Waals surface area contributed by atoms with E-state index in [1.165, 1.54) is 6.92 Å². The first kappa shape index (κ1) is 12.0. The number of hydrogen-bond acceptors (Lipinski definition) is 3. The molecule has 1 amide bonds. The van der Waals surface area contributed by atoms with E-state index in [0.717, 1.165) is 5.56 Å². The molecule has 0 saturated carbocycles. The summed E-state index contributed by atoms with van der Waals surface area (Å²) in [6.07, 6.45) is -0.777. The monoisotopic (exact) mass is 223 g/mol. The molecule has 16 heavy (non-hydrogen) atoms. The lowest BCUT2D eigenvalue weighted by atomic mass is 10.2. The minimum Gasteiger partial charge on any atom is -0.480 e. The summed E-state index contributed by atoms with van der Waals surface area (Å²) >= 11 is 0. The number of carboxylic acids is 1. The van der Waals surface area contributed by atoms with E-state index in [2.05, 4.69) is 5.32 Å². The van der Waals surface area contributed by atoms with Crippen molar-refractivity contribution in [3.05, 3.63) is 29.8 Å². The first-order valence-electron chi connectivity index (χ1n) is 4.77. The Kier molecular flexibility index (Phi) is 3.88. The lowest BCUT2D eigenvalue weighted by Gasteiger charge is -2.09. The maximum atomic E-state index is 11.2. The zero-order valence-electron chi connectivity index (χ0n) is 9.06. The molecule has 2 N–H and O–H groups in total. The van der Waals surface area contributed by atoms with Gasteiger partial charge in [0.1, 0.15) is 11.8 Å². The number of hydrogen-bond donors (Lipinski definition) is 2. The third-order valence-corrected chi connectivity index (χ3v) is 1.90. The van der Waals surface area contributed by atoms with Crippen molar-refractivity contribution >= 4 is 12.1 Å². The number of ether oxygens (including phenoxy) is 1. The van der Waals surface area contributed by atoms with Crippen LogP contribution in [0.4, 0.5) is 4.79 Å². The number of nitrogens with one attached hydrogen (secondary N) is 1. The van der Waals surface area contributed by atoms with Crippen LogP contribution in [0.5, 0.6) is 5.75 Å². The Labute approximate surface area is 93.0 Å². The zero-order chi connectivity index (χ0) is 12.1. The Hall–Kier alpha value is -2.04. The Bertz CT molecular complexity index is 403. The Balaban J connectivity index is 2.55. The second-order valence-corrected chi connectivity index (χ2v) is 3.41. The van der Waals surface area contributed by atoms with Crippen molar-refractivity contribution in [2.45, 2.75) is 19.9 Å². The van der Waals surface area contributed by atoms with Crippen molar-refractivity contribution in [2.24, 2.45) is 0 Å². The van der Waals surface area contributed by atoms with Gasteiger partial charge in [-0.25, -0.2) is 4.79 Å². The molecule has 86 valence electrons. The van der Waals surface area contributed by atoms with E-state index in [1.54, 1.807) is 18.2 Å². The van der Waals surface area contributed by atoms with Crippen molar-refractivity contribution in [3.63, 3.8) is 0 Å². The van der Waals surface area contributed by atoms with Crippen LogP contribution in [0.3, 0.4) is 0 Å². The predicted octanol–water partition coefficient (Wildman–Crippen LogP) is 1.56. The highest BCUT2D eigenvalue weighted by atomic mass is 16.6. The molecule has 0 heterocycles. The highest BCUT2D eigenvalue weighted by Gasteiger charge is 2.14. The summed E-state index contributed by atoms with van der Waals surface area (Å²) in [5.74, 6) is -0.726. The molecule has 0 bridgehead atoms. The molecule has 0 radical (unpaired) electrons. The molecule has 5 heteroatoms. The van der Waals surface area contributed by atoms with Crippen molar-refractivity contribution < 1.29 is 19.4 Å². The first-order chi connectivity index (χ1) is 7.49. The van der Waals surface area contributed by atoms with Gasteiger partial charge in [-0.1, -0.05) is 12.1 Å². The normalized spacial score (nSPS) is 11.6. The molecule has 0 aliphatic rings. The highest BCUT2D eigenvalue weighted by Crippen LogP contribution is 2.12.